The lowest BCUT2D eigenvalue weighted by Crippen LogP contribution is -2.31. The number of alkyl halides is 3. The highest BCUT2D eigenvalue weighted by Crippen LogP contribution is 2.30. The summed E-state index contributed by atoms with van der Waals surface area (Å²) in [5.74, 6) is 0. The fourth-order valence-electron chi connectivity index (χ4n) is 1.52. The standard InChI is InChI=1S/C13H19F3N2O2S/c1-10(2)18(3)9-8-17-11-4-6-12(7-5-11)21(19,20)13(14,15)16/h4-7,10,17H,8-9H2,1-3H3. The minimum absolute atomic E-state index is 0.395. The van der Waals surface area contributed by atoms with Crippen LogP contribution in [-0.4, -0.2) is 45.0 Å². The first-order valence-corrected chi connectivity index (χ1v) is 7.89. The van der Waals surface area contributed by atoms with Crippen molar-refractivity contribution in [2.24, 2.45) is 0 Å². The second kappa shape index (κ2) is 6.65. The number of sulfone groups is 1. The molecular weight excluding hydrogens is 305 g/mol. The van der Waals surface area contributed by atoms with Crippen molar-refractivity contribution >= 4 is 15.5 Å². The van der Waals surface area contributed by atoms with Gasteiger partial charge in [0.25, 0.3) is 9.84 Å². The van der Waals surface area contributed by atoms with E-state index in [-0.39, 0.29) is 0 Å². The molecule has 0 radical (unpaired) electrons. The molecular formula is C13H19F3N2O2S. The Morgan fingerprint density at radius 1 is 1.19 bits per heavy atom. The van der Waals surface area contributed by atoms with Crippen LogP contribution >= 0.6 is 0 Å². The van der Waals surface area contributed by atoms with E-state index in [1.807, 2.05) is 7.05 Å². The number of hydrogen-bond donors (Lipinski definition) is 1. The van der Waals surface area contributed by atoms with Gasteiger partial charge in [-0.05, 0) is 45.2 Å². The maximum absolute atomic E-state index is 12.4. The summed E-state index contributed by atoms with van der Waals surface area (Å²) in [4.78, 5) is 1.36. The molecule has 0 heterocycles. The van der Waals surface area contributed by atoms with E-state index in [1.165, 1.54) is 12.1 Å². The molecule has 0 atom stereocenters. The first-order chi connectivity index (χ1) is 9.55. The Morgan fingerprint density at radius 3 is 2.14 bits per heavy atom. The summed E-state index contributed by atoms with van der Waals surface area (Å²) in [6, 6.07) is 4.96. The molecule has 0 saturated carbocycles. The van der Waals surface area contributed by atoms with Gasteiger partial charge in [-0.1, -0.05) is 0 Å². The Bertz CT molecular complexity index is 554. The Labute approximate surface area is 122 Å². The molecule has 1 N–H and O–H groups in total. The van der Waals surface area contributed by atoms with Gasteiger partial charge in [0.2, 0.25) is 0 Å². The zero-order chi connectivity index (χ0) is 16.3. The maximum Gasteiger partial charge on any atom is 0.501 e. The van der Waals surface area contributed by atoms with E-state index in [0.717, 1.165) is 18.7 Å². The van der Waals surface area contributed by atoms with Crippen LogP contribution < -0.4 is 5.32 Å². The molecule has 21 heavy (non-hydrogen) atoms. The summed E-state index contributed by atoms with van der Waals surface area (Å²) in [6.45, 7) is 5.48. The average Bonchev–Trinajstić information content (AvgIpc) is 2.37. The van der Waals surface area contributed by atoms with Crippen molar-refractivity contribution in [1.82, 2.24) is 4.90 Å². The molecule has 1 aromatic carbocycles. The third kappa shape index (κ3) is 4.60. The van der Waals surface area contributed by atoms with E-state index in [0.29, 0.717) is 18.3 Å². The Balaban J connectivity index is 2.68. The van der Waals surface area contributed by atoms with Crippen LogP contribution in [0.15, 0.2) is 29.2 Å². The third-order valence-corrected chi connectivity index (χ3v) is 4.65. The summed E-state index contributed by atoms with van der Waals surface area (Å²) in [6.07, 6.45) is 0. The molecule has 1 rings (SSSR count). The number of rotatable bonds is 6. The van der Waals surface area contributed by atoms with Gasteiger partial charge in [0.15, 0.2) is 0 Å². The molecule has 8 heteroatoms. The Morgan fingerprint density at radius 2 is 1.71 bits per heavy atom. The molecule has 0 aliphatic carbocycles. The zero-order valence-electron chi connectivity index (χ0n) is 12.1. The molecule has 1 aromatic rings. The van der Waals surface area contributed by atoms with Gasteiger partial charge in [0.1, 0.15) is 0 Å². The molecule has 4 nitrogen and oxygen atoms in total. The summed E-state index contributed by atoms with van der Waals surface area (Å²) < 4.78 is 59.5. The molecule has 0 unspecified atom stereocenters. The monoisotopic (exact) mass is 324 g/mol. The van der Waals surface area contributed by atoms with Crippen LogP contribution in [0.4, 0.5) is 18.9 Å². The van der Waals surface area contributed by atoms with Crippen LogP contribution in [-0.2, 0) is 9.84 Å². The second-order valence-corrected chi connectivity index (χ2v) is 6.92. The van der Waals surface area contributed by atoms with Crippen molar-refractivity contribution in [2.75, 3.05) is 25.5 Å². The molecule has 0 bridgehead atoms. The SMILES string of the molecule is CC(C)N(C)CCNc1ccc(S(=O)(=O)C(F)(F)F)cc1. The minimum atomic E-state index is -5.28. The molecule has 120 valence electrons. The highest BCUT2D eigenvalue weighted by atomic mass is 32.2. The lowest BCUT2D eigenvalue weighted by Gasteiger charge is -2.21. The number of nitrogens with one attached hydrogen (secondary N) is 1. The maximum atomic E-state index is 12.4. The van der Waals surface area contributed by atoms with Crippen molar-refractivity contribution in [1.29, 1.82) is 0 Å². The third-order valence-electron chi connectivity index (χ3n) is 3.14. The van der Waals surface area contributed by atoms with Crippen LogP contribution in [0.25, 0.3) is 0 Å². The van der Waals surface area contributed by atoms with Gasteiger partial charge in [0.05, 0.1) is 4.90 Å². The van der Waals surface area contributed by atoms with Gasteiger partial charge in [-0.3, -0.25) is 0 Å². The smallest absolute Gasteiger partial charge is 0.384 e. The highest BCUT2D eigenvalue weighted by Gasteiger charge is 2.46. The first-order valence-electron chi connectivity index (χ1n) is 6.41. The molecule has 0 aliphatic heterocycles. The predicted molar refractivity (Wildman–Crippen MR) is 75.9 cm³/mol. The summed E-state index contributed by atoms with van der Waals surface area (Å²) in [5.41, 5.74) is -4.70. The van der Waals surface area contributed by atoms with Gasteiger partial charge in [0, 0.05) is 24.8 Å². The van der Waals surface area contributed by atoms with Crippen LogP contribution in [0.2, 0.25) is 0 Å². The van der Waals surface area contributed by atoms with Crippen molar-refractivity contribution in [3.05, 3.63) is 24.3 Å². The fraction of sp³-hybridized carbons (Fsp3) is 0.538. The second-order valence-electron chi connectivity index (χ2n) is 4.97. The highest BCUT2D eigenvalue weighted by molar-refractivity contribution is 7.92. The number of hydrogen-bond acceptors (Lipinski definition) is 4. The predicted octanol–water partition coefficient (Wildman–Crippen LogP) is 2.73. The van der Waals surface area contributed by atoms with E-state index in [9.17, 15) is 21.6 Å². The molecule has 0 aliphatic rings. The minimum Gasteiger partial charge on any atom is -0.384 e. The summed E-state index contributed by atoms with van der Waals surface area (Å²) in [5, 5.41) is 3.03. The van der Waals surface area contributed by atoms with Crippen molar-refractivity contribution in [3.63, 3.8) is 0 Å². The normalized spacial score (nSPS) is 13.0. The first kappa shape index (κ1) is 17.8. The van der Waals surface area contributed by atoms with E-state index in [2.05, 4.69) is 24.1 Å². The van der Waals surface area contributed by atoms with Crippen LogP contribution in [0.3, 0.4) is 0 Å². The van der Waals surface area contributed by atoms with E-state index >= 15 is 0 Å². The molecule has 0 saturated heterocycles. The quantitative estimate of drug-likeness (QED) is 0.874. The Hall–Kier alpha value is -1.28. The van der Waals surface area contributed by atoms with Crippen molar-refractivity contribution < 1.29 is 21.6 Å². The number of benzene rings is 1. The largest absolute Gasteiger partial charge is 0.501 e. The summed E-state index contributed by atoms with van der Waals surface area (Å²) >= 11 is 0. The number of anilines is 1. The van der Waals surface area contributed by atoms with Crippen LogP contribution in [0.5, 0.6) is 0 Å². The lowest BCUT2D eigenvalue weighted by molar-refractivity contribution is -0.0436. The van der Waals surface area contributed by atoms with E-state index in [1.54, 1.807) is 0 Å². The topological polar surface area (TPSA) is 49.4 Å². The van der Waals surface area contributed by atoms with Crippen LogP contribution in [0.1, 0.15) is 13.8 Å². The number of likely N-dealkylation sites (N-methyl/N-ethyl adjacent to an activating group) is 1. The van der Waals surface area contributed by atoms with Gasteiger partial charge in [-0.25, -0.2) is 8.42 Å². The molecule has 0 spiro atoms. The number of halogens is 3. The summed E-state index contributed by atoms with van der Waals surface area (Å²) in [7, 11) is -3.31. The van der Waals surface area contributed by atoms with Gasteiger partial charge >= 0.3 is 5.51 Å². The molecule has 0 aromatic heterocycles. The molecule has 0 amide bonds. The lowest BCUT2D eigenvalue weighted by atomic mass is 10.3. The fourth-order valence-corrected chi connectivity index (χ4v) is 2.28. The van der Waals surface area contributed by atoms with Gasteiger partial charge < -0.3 is 10.2 Å². The zero-order valence-corrected chi connectivity index (χ0v) is 12.9. The van der Waals surface area contributed by atoms with Gasteiger partial charge in [-0.2, -0.15) is 13.2 Å². The van der Waals surface area contributed by atoms with E-state index < -0.39 is 20.2 Å². The average molecular weight is 324 g/mol. The van der Waals surface area contributed by atoms with Crippen molar-refractivity contribution in [2.45, 2.75) is 30.3 Å². The van der Waals surface area contributed by atoms with E-state index in [4.69, 9.17) is 0 Å². The van der Waals surface area contributed by atoms with Crippen molar-refractivity contribution in [3.8, 4) is 0 Å². The van der Waals surface area contributed by atoms with Gasteiger partial charge in [-0.15, -0.1) is 0 Å². The Kier molecular flexibility index (Phi) is 5.63. The molecule has 0 fully saturated rings. The van der Waals surface area contributed by atoms with Crippen LogP contribution in [0, 0.1) is 0 Å². The number of nitrogens with zero attached hydrogens (tertiary/aromatic N) is 1.